The molecule has 2 saturated heterocycles. The average Bonchev–Trinajstić information content (AvgIpc) is 3.99. The molecule has 3 heterocycles. The van der Waals surface area contributed by atoms with Gasteiger partial charge in [0, 0.05) is 45.0 Å². The van der Waals surface area contributed by atoms with Crippen molar-refractivity contribution in [2.24, 2.45) is 5.41 Å². The Hall–Kier alpha value is -5.98. The molecule has 3 aromatic carbocycles. The number of nitrogens with one attached hydrogen (secondary N) is 2. The van der Waals surface area contributed by atoms with E-state index in [0.29, 0.717) is 57.1 Å². The van der Waals surface area contributed by atoms with Crippen LogP contribution < -0.4 is 25.2 Å². The highest BCUT2D eigenvalue weighted by atomic mass is 32.1. The number of halogens is 3. The van der Waals surface area contributed by atoms with Crippen molar-refractivity contribution in [2.45, 2.75) is 110 Å². The number of benzene rings is 3. The smallest absolute Gasteiger partial charge is 0.417 e. The number of aliphatic hydroxyl groups is 1. The zero-order valence-electron chi connectivity index (χ0n) is 40.6. The van der Waals surface area contributed by atoms with Crippen LogP contribution in [0.3, 0.4) is 0 Å². The number of rotatable bonds is 21. The van der Waals surface area contributed by atoms with Crippen molar-refractivity contribution < 1.29 is 51.7 Å². The minimum absolute atomic E-state index is 0.00143. The molecule has 380 valence electrons. The second-order valence-electron chi connectivity index (χ2n) is 19.0. The van der Waals surface area contributed by atoms with Crippen molar-refractivity contribution in [1.29, 1.82) is 5.26 Å². The largest absolute Gasteiger partial charge is 0.494 e. The van der Waals surface area contributed by atoms with Crippen molar-refractivity contribution in [2.75, 3.05) is 49.4 Å². The van der Waals surface area contributed by atoms with Crippen LogP contribution in [0.1, 0.15) is 89.1 Å². The first-order chi connectivity index (χ1) is 33.6. The molecule has 3 atom stereocenters. The summed E-state index contributed by atoms with van der Waals surface area (Å²) in [6.45, 7) is 12.4. The Morgan fingerprint density at radius 2 is 1.59 bits per heavy atom. The van der Waals surface area contributed by atoms with Gasteiger partial charge < -0.3 is 39.8 Å². The van der Waals surface area contributed by atoms with Gasteiger partial charge in [-0.25, -0.2) is 4.98 Å². The van der Waals surface area contributed by atoms with Gasteiger partial charge in [-0.1, -0.05) is 45.0 Å². The molecular formula is C51H60F3N7O8S2. The lowest BCUT2D eigenvalue weighted by molar-refractivity contribution is -0.144. The van der Waals surface area contributed by atoms with Crippen LogP contribution in [0.15, 0.2) is 72.2 Å². The van der Waals surface area contributed by atoms with Gasteiger partial charge in [0.25, 0.3) is 5.91 Å². The molecule has 6 rings (SSSR count). The van der Waals surface area contributed by atoms with Gasteiger partial charge in [0.1, 0.15) is 30.0 Å². The third kappa shape index (κ3) is 13.5. The number of β-amino-alcohol motifs (C(OH)–C–C–N with tert-alkyl or cyclic N) is 1. The number of likely N-dealkylation sites (tertiary alicyclic amines) is 1. The number of alkyl halides is 3. The summed E-state index contributed by atoms with van der Waals surface area (Å²) in [7, 11) is 0. The van der Waals surface area contributed by atoms with E-state index in [1.807, 2.05) is 52.0 Å². The molecule has 0 aliphatic carbocycles. The van der Waals surface area contributed by atoms with E-state index in [0.717, 1.165) is 45.2 Å². The van der Waals surface area contributed by atoms with Crippen LogP contribution >= 0.6 is 23.6 Å². The molecule has 1 unspecified atom stereocenters. The topological polar surface area (TPSA) is 187 Å². The van der Waals surface area contributed by atoms with Crippen molar-refractivity contribution >= 4 is 63.7 Å². The van der Waals surface area contributed by atoms with Gasteiger partial charge in [0.2, 0.25) is 17.7 Å². The standard InChI is InChI=1S/C51H60F3N7O8S2/c1-32-43(71-31-57-32)34-13-11-33(12-14-34)28-56-45(64)41-26-38(62)29-59(41)46(65)44(49(2,3)4)58-42(63)30-68-23-8-7-21-67-22-9-10-24-69-39-19-17-36(18-20-39)61-48(70)60(47(66)50(61,5)6)37-16-15-35(27-55)40(25-37)51(52,53)54/h11-20,25,31,38,41,44,62H,7-10,21-24,26,28-30H2,1-6H3,(H,56,64)(H,58,63)/t38-,41+,44?/m1/s1. The SMILES string of the molecule is Cc1ncsc1-c1ccc(CNC(=O)[C@@H]2C[C@@H](O)CN2C(=O)C(NC(=O)COCCCCOCCCCOc2ccc(N3C(=S)N(c4ccc(C#N)c(C(F)(F)F)c4)C(=O)C3(C)C)cc2)C(C)(C)C)cc1. The summed E-state index contributed by atoms with van der Waals surface area (Å²) in [4.78, 5) is 63.3. The van der Waals surface area contributed by atoms with Gasteiger partial charge >= 0.3 is 6.18 Å². The number of thiocarbonyl (C=S) groups is 1. The molecule has 0 spiro atoms. The van der Waals surface area contributed by atoms with Crippen molar-refractivity contribution in [1.82, 2.24) is 20.5 Å². The fraction of sp³-hybridized carbons (Fsp3) is 0.471. The van der Waals surface area contributed by atoms with Crippen LogP contribution in [0.2, 0.25) is 0 Å². The number of aryl methyl sites for hydroxylation is 1. The number of nitrogens with zero attached hydrogens (tertiary/aromatic N) is 5. The van der Waals surface area contributed by atoms with Crippen LogP contribution in [0.25, 0.3) is 10.4 Å². The van der Waals surface area contributed by atoms with Crippen molar-refractivity contribution in [3.63, 3.8) is 0 Å². The second kappa shape index (κ2) is 23.5. The Morgan fingerprint density at radius 1 is 0.958 bits per heavy atom. The number of carbonyl (C=O) groups excluding carboxylic acids is 4. The van der Waals surface area contributed by atoms with E-state index in [2.05, 4.69) is 15.6 Å². The summed E-state index contributed by atoms with van der Waals surface area (Å²) in [5.41, 5.74) is 1.50. The van der Waals surface area contributed by atoms with Crippen molar-refractivity contribution in [3.05, 3.63) is 94.6 Å². The number of aromatic nitrogens is 1. The van der Waals surface area contributed by atoms with Crippen LogP contribution in [0.4, 0.5) is 24.5 Å². The maximum atomic E-state index is 13.9. The highest BCUT2D eigenvalue weighted by Gasteiger charge is 2.51. The summed E-state index contributed by atoms with van der Waals surface area (Å²) in [5.74, 6) is -1.25. The summed E-state index contributed by atoms with van der Waals surface area (Å²) in [6.07, 6.45) is -2.79. The van der Waals surface area contributed by atoms with Crippen LogP contribution in [0, 0.1) is 23.7 Å². The molecule has 0 bridgehead atoms. The third-order valence-electron chi connectivity index (χ3n) is 12.2. The highest BCUT2D eigenvalue weighted by Crippen LogP contribution is 2.40. The predicted molar refractivity (Wildman–Crippen MR) is 266 cm³/mol. The number of nitriles is 1. The maximum Gasteiger partial charge on any atom is 0.417 e. The van der Waals surface area contributed by atoms with E-state index in [1.165, 1.54) is 11.0 Å². The quantitative estimate of drug-likeness (QED) is 0.0546. The van der Waals surface area contributed by atoms with Gasteiger partial charge in [-0.3, -0.25) is 24.1 Å². The van der Waals surface area contributed by atoms with E-state index < -0.39 is 64.2 Å². The highest BCUT2D eigenvalue weighted by molar-refractivity contribution is 7.81. The molecule has 1 aromatic heterocycles. The van der Waals surface area contributed by atoms with E-state index in [-0.39, 0.29) is 42.8 Å². The number of carbonyl (C=O) groups is 4. The summed E-state index contributed by atoms with van der Waals surface area (Å²) >= 11 is 7.18. The predicted octanol–water partition coefficient (Wildman–Crippen LogP) is 7.71. The van der Waals surface area contributed by atoms with E-state index in [4.69, 9.17) is 26.4 Å². The molecule has 2 aliphatic rings. The Morgan fingerprint density at radius 3 is 2.20 bits per heavy atom. The normalized spacial score (nSPS) is 17.3. The van der Waals surface area contributed by atoms with Gasteiger partial charge in [-0.05, 0) is 118 Å². The lowest BCUT2D eigenvalue weighted by Gasteiger charge is -2.35. The summed E-state index contributed by atoms with van der Waals surface area (Å²) in [5, 5.41) is 25.5. The first-order valence-corrected chi connectivity index (χ1v) is 24.6. The van der Waals surface area contributed by atoms with Gasteiger partial charge in [0.15, 0.2) is 5.11 Å². The van der Waals surface area contributed by atoms with Gasteiger partial charge in [0.05, 0.1) is 51.7 Å². The van der Waals surface area contributed by atoms with E-state index in [1.54, 1.807) is 65.9 Å². The summed E-state index contributed by atoms with van der Waals surface area (Å²) < 4.78 is 58.4. The molecule has 0 radical (unpaired) electrons. The van der Waals surface area contributed by atoms with E-state index in [9.17, 15) is 42.7 Å². The van der Waals surface area contributed by atoms with E-state index >= 15 is 0 Å². The Labute approximate surface area is 421 Å². The molecule has 2 fully saturated rings. The van der Waals surface area contributed by atoms with Crippen LogP contribution in [-0.2, 0) is 41.4 Å². The second-order valence-corrected chi connectivity index (χ2v) is 20.2. The van der Waals surface area contributed by atoms with Crippen LogP contribution in [-0.4, -0.2) is 107 Å². The maximum absolute atomic E-state index is 13.9. The fourth-order valence-corrected chi connectivity index (χ4v) is 9.64. The third-order valence-corrected chi connectivity index (χ3v) is 13.5. The first-order valence-electron chi connectivity index (χ1n) is 23.3. The molecule has 2 aliphatic heterocycles. The number of amides is 4. The molecule has 20 heteroatoms. The minimum Gasteiger partial charge on any atom is -0.494 e. The number of anilines is 2. The summed E-state index contributed by atoms with van der Waals surface area (Å²) in [6, 6.07) is 17.5. The van der Waals surface area contributed by atoms with Crippen LogP contribution in [0.5, 0.6) is 5.75 Å². The monoisotopic (exact) mass is 1020 g/mol. The molecule has 15 nitrogen and oxygen atoms in total. The molecule has 4 amide bonds. The molecule has 3 N–H and O–H groups in total. The molecular weight excluding hydrogens is 960 g/mol. The zero-order valence-corrected chi connectivity index (χ0v) is 42.3. The first kappa shape index (κ1) is 54.4. The fourth-order valence-electron chi connectivity index (χ4n) is 8.31. The number of thiazole rings is 1. The number of hydrogen-bond donors (Lipinski definition) is 3. The number of hydrogen-bond acceptors (Lipinski definition) is 12. The Kier molecular flexibility index (Phi) is 18.0. The zero-order chi connectivity index (χ0) is 51.7. The Bertz CT molecular complexity index is 2580. The molecule has 0 saturated carbocycles. The molecule has 71 heavy (non-hydrogen) atoms. The van der Waals surface area contributed by atoms with Crippen molar-refractivity contribution in [3.8, 4) is 22.3 Å². The Balaban J connectivity index is 0.851. The van der Waals surface area contributed by atoms with Gasteiger partial charge in [-0.2, -0.15) is 18.4 Å². The van der Waals surface area contributed by atoms with Gasteiger partial charge in [-0.15, -0.1) is 11.3 Å². The number of unbranched alkanes of at least 4 members (excludes halogenated alkanes) is 2. The number of aliphatic hydroxyl groups excluding tert-OH is 1. The number of ether oxygens (including phenoxy) is 3. The molecule has 4 aromatic rings. The lowest BCUT2D eigenvalue weighted by Crippen LogP contribution is -2.58. The minimum atomic E-state index is -4.80. The lowest BCUT2D eigenvalue weighted by atomic mass is 9.85. The average molecular weight is 1020 g/mol.